The minimum absolute atomic E-state index is 0.263. The summed E-state index contributed by atoms with van der Waals surface area (Å²) in [6.07, 6.45) is 2.45. The van der Waals surface area contributed by atoms with Crippen LogP contribution in [0.3, 0.4) is 0 Å². The van der Waals surface area contributed by atoms with Crippen LogP contribution in [0.4, 0.5) is 11.4 Å². The maximum Gasteiger partial charge on any atom is 0.336 e. The first-order chi connectivity index (χ1) is 16.3. The third kappa shape index (κ3) is 5.23. The van der Waals surface area contributed by atoms with Crippen molar-refractivity contribution >= 4 is 51.8 Å². The minimum Gasteiger partial charge on any atom is -0.484 e. The van der Waals surface area contributed by atoms with Crippen molar-refractivity contribution in [1.82, 2.24) is 5.32 Å². The van der Waals surface area contributed by atoms with Crippen molar-refractivity contribution in [2.24, 2.45) is 0 Å². The van der Waals surface area contributed by atoms with Crippen molar-refractivity contribution in [2.45, 2.75) is 19.4 Å². The molecule has 0 unspecified atom stereocenters. The van der Waals surface area contributed by atoms with E-state index in [4.69, 9.17) is 9.15 Å². The van der Waals surface area contributed by atoms with Gasteiger partial charge in [-0.15, -0.1) is 0 Å². The molecule has 1 atom stereocenters. The van der Waals surface area contributed by atoms with Crippen LogP contribution in [0.15, 0.2) is 51.7 Å². The van der Waals surface area contributed by atoms with Gasteiger partial charge < -0.3 is 25.1 Å². The fourth-order valence-corrected chi connectivity index (χ4v) is 4.09. The molecular weight excluding hydrogens is 458 g/mol. The third-order valence-electron chi connectivity index (χ3n) is 5.33. The van der Waals surface area contributed by atoms with E-state index in [1.165, 1.54) is 12.1 Å². The Bertz CT molecular complexity index is 1340. The monoisotopic (exact) mass is 481 g/mol. The van der Waals surface area contributed by atoms with Crippen molar-refractivity contribution in [2.75, 3.05) is 29.2 Å². The minimum atomic E-state index is -0.617. The zero-order chi connectivity index (χ0) is 24.2. The van der Waals surface area contributed by atoms with E-state index in [9.17, 15) is 19.2 Å². The third-order valence-corrected chi connectivity index (χ3v) is 5.97. The predicted octanol–water partition coefficient (Wildman–Crippen LogP) is 2.92. The lowest BCUT2D eigenvalue weighted by atomic mass is 10.1. The SMILES string of the molecule is CSCC[C@H]1NC(=O)c2cc(NC(=O)COc3ccc4c(C)cc(=O)oc4c3)ccc2NC1=O. The van der Waals surface area contributed by atoms with Crippen LogP contribution >= 0.6 is 11.8 Å². The second-order valence-corrected chi connectivity index (χ2v) is 8.79. The van der Waals surface area contributed by atoms with Gasteiger partial charge in [0.05, 0.1) is 11.3 Å². The Balaban J connectivity index is 1.42. The van der Waals surface area contributed by atoms with Crippen molar-refractivity contribution in [3.05, 3.63) is 64.0 Å². The first kappa shape index (κ1) is 23.4. The molecule has 0 fully saturated rings. The van der Waals surface area contributed by atoms with Gasteiger partial charge in [0.15, 0.2) is 6.61 Å². The van der Waals surface area contributed by atoms with E-state index in [2.05, 4.69) is 16.0 Å². The number of rotatable bonds is 7. The standard InChI is InChI=1S/C24H23N3O6S/c1-13-9-22(29)33-20-11-15(4-5-16(13)20)32-12-21(28)25-14-3-6-18-17(10-14)23(30)27-19(7-8-34-2)24(31)26-18/h3-6,9-11,19H,7-8,12H2,1-2H3,(H,25,28)(H,26,31)(H,27,30)/t19-/m1/s1. The Morgan fingerprint density at radius 1 is 1.15 bits per heavy atom. The Kier molecular flexibility index (Phi) is 6.87. The topological polar surface area (TPSA) is 127 Å². The molecule has 1 aromatic heterocycles. The number of aryl methyl sites for hydroxylation is 1. The fourth-order valence-electron chi connectivity index (χ4n) is 3.62. The van der Waals surface area contributed by atoms with E-state index < -0.39 is 17.6 Å². The maximum absolute atomic E-state index is 12.6. The molecule has 2 aromatic carbocycles. The zero-order valence-corrected chi connectivity index (χ0v) is 19.4. The molecule has 176 valence electrons. The second kappa shape index (κ2) is 10.0. The molecule has 3 aromatic rings. The second-order valence-electron chi connectivity index (χ2n) is 7.80. The van der Waals surface area contributed by atoms with Crippen LogP contribution in [-0.4, -0.2) is 42.4 Å². The number of hydrogen-bond acceptors (Lipinski definition) is 7. The summed E-state index contributed by atoms with van der Waals surface area (Å²) in [6.45, 7) is 1.52. The molecule has 3 N–H and O–H groups in total. The van der Waals surface area contributed by atoms with Crippen LogP contribution in [0.25, 0.3) is 11.0 Å². The van der Waals surface area contributed by atoms with E-state index in [1.807, 2.05) is 13.2 Å². The van der Waals surface area contributed by atoms with Crippen LogP contribution in [0.1, 0.15) is 22.3 Å². The molecule has 0 bridgehead atoms. The van der Waals surface area contributed by atoms with E-state index in [-0.39, 0.29) is 24.0 Å². The molecule has 0 saturated carbocycles. The number of thioether (sulfide) groups is 1. The lowest BCUT2D eigenvalue weighted by molar-refractivity contribution is -0.118. The number of carbonyl (C=O) groups excluding carboxylic acids is 3. The van der Waals surface area contributed by atoms with E-state index >= 15 is 0 Å². The van der Waals surface area contributed by atoms with Gasteiger partial charge in [-0.05, 0) is 61.2 Å². The molecule has 10 heteroatoms. The Hall–Kier alpha value is -3.79. The highest BCUT2D eigenvalue weighted by atomic mass is 32.2. The summed E-state index contributed by atoms with van der Waals surface area (Å²) >= 11 is 1.59. The van der Waals surface area contributed by atoms with Gasteiger partial charge in [-0.1, -0.05) is 0 Å². The van der Waals surface area contributed by atoms with Crippen LogP contribution in [0.2, 0.25) is 0 Å². The molecule has 1 aliphatic heterocycles. The van der Waals surface area contributed by atoms with Crippen LogP contribution in [0, 0.1) is 6.92 Å². The molecule has 0 spiro atoms. The van der Waals surface area contributed by atoms with Gasteiger partial charge in [-0.3, -0.25) is 14.4 Å². The van der Waals surface area contributed by atoms with Gasteiger partial charge in [0.1, 0.15) is 17.4 Å². The van der Waals surface area contributed by atoms with Gasteiger partial charge in [0.25, 0.3) is 11.8 Å². The maximum atomic E-state index is 12.6. The first-order valence-corrected chi connectivity index (χ1v) is 12.0. The largest absolute Gasteiger partial charge is 0.484 e. The molecule has 2 heterocycles. The highest BCUT2D eigenvalue weighted by molar-refractivity contribution is 7.98. The fraction of sp³-hybridized carbons (Fsp3) is 0.250. The van der Waals surface area contributed by atoms with Crippen molar-refractivity contribution in [3.63, 3.8) is 0 Å². The van der Waals surface area contributed by atoms with Gasteiger partial charge in [0, 0.05) is 23.2 Å². The van der Waals surface area contributed by atoms with Crippen LogP contribution < -0.4 is 26.3 Å². The average molecular weight is 482 g/mol. The number of anilines is 2. The number of fused-ring (bicyclic) bond motifs is 2. The normalized spacial score (nSPS) is 15.2. The smallest absolute Gasteiger partial charge is 0.336 e. The summed E-state index contributed by atoms with van der Waals surface area (Å²) in [4.78, 5) is 49.0. The number of hydrogen-bond donors (Lipinski definition) is 3. The Morgan fingerprint density at radius 3 is 2.76 bits per heavy atom. The summed E-state index contributed by atoms with van der Waals surface area (Å²) in [5, 5.41) is 8.96. The van der Waals surface area contributed by atoms with Crippen molar-refractivity contribution in [1.29, 1.82) is 0 Å². The summed E-state index contributed by atoms with van der Waals surface area (Å²) in [6, 6.07) is 10.5. The highest BCUT2D eigenvalue weighted by Gasteiger charge is 2.27. The zero-order valence-electron chi connectivity index (χ0n) is 18.6. The highest BCUT2D eigenvalue weighted by Crippen LogP contribution is 2.25. The number of benzene rings is 2. The Labute approximate surface area is 199 Å². The van der Waals surface area contributed by atoms with Gasteiger partial charge in [-0.2, -0.15) is 11.8 Å². The summed E-state index contributed by atoms with van der Waals surface area (Å²) in [5.41, 5.74) is 1.74. The first-order valence-electron chi connectivity index (χ1n) is 10.6. The van der Waals surface area contributed by atoms with Gasteiger partial charge in [0.2, 0.25) is 5.91 Å². The number of amides is 3. The Morgan fingerprint density at radius 2 is 1.97 bits per heavy atom. The summed E-state index contributed by atoms with van der Waals surface area (Å²) < 4.78 is 10.7. The lowest BCUT2D eigenvalue weighted by Crippen LogP contribution is -2.41. The average Bonchev–Trinajstić information content (AvgIpc) is 2.91. The van der Waals surface area contributed by atoms with Crippen molar-refractivity contribution in [3.8, 4) is 5.75 Å². The predicted molar refractivity (Wildman–Crippen MR) is 131 cm³/mol. The van der Waals surface area contributed by atoms with E-state index in [0.29, 0.717) is 29.1 Å². The molecule has 1 aliphatic rings. The molecule has 9 nitrogen and oxygen atoms in total. The van der Waals surface area contributed by atoms with Gasteiger partial charge >= 0.3 is 5.63 Å². The molecule has 4 rings (SSSR count). The summed E-state index contributed by atoms with van der Waals surface area (Å²) in [5.74, 6) is 0.00441. The molecule has 0 aliphatic carbocycles. The number of ether oxygens (including phenoxy) is 1. The van der Waals surface area contributed by atoms with Crippen LogP contribution in [0.5, 0.6) is 5.75 Å². The molecular formula is C24H23N3O6S. The molecule has 0 saturated heterocycles. The molecule has 3 amide bonds. The number of carbonyl (C=O) groups is 3. The van der Waals surface area contributed by atoms with Gasteiger partial charge in [-0.25, -0.2) is 4.79 Å². The summed E-state index contributed by atoms with van der Waals surface area (Å²) in [7, 11) is 0. The van der Waals surface area contributed by atoms with Crippen LogP contribution in [-0.2, 0) is 9.59 Å². The number of nitrogens with one attached hydrogen (secondary N) is 3. The van der Waals surface area contributed by atoms with E-state index in [0.717, 1.165) is 16.7 Å². The van der Waals surface area contributed by atoms with E-state index in [1.54, 1.807) is 42.1 Å². The quantitative estimate of drug-likeness (QED) is 0.443. The molecule has 34 heavy (non-hydrogen) atoms. The molecule has 0 radical (unpaired) electrons. The van der Waals surface area contributed by atoms with Crippen molar-refractivity contribution < 1.29 is 23.5 Å². The lowest BCUT2D eigenvalue weighted by Gasteiger charge is -2.13.